The van der Waals surface area contributed by atoms with Gasteiger partial charge in [0.2, 0.25) is 0 Å². The zero-order chi connectivity index (χ0) is 10.2. The summed E-state index contributed by atoms with van der Waals surface area (Å²) in [4.78, 5) is 0. The van der Waals surface area contributed by atoms with Gasteiger partial charge in [0.25, 0.3) is 0 Å². The van der Waals surface area contributed by atoms with Crippen LogP contribution in [0.2, 0.25) is 0 Å². The highest BCUT2D eigenvalue weighted by Crippen LogP contribution is 2.16. The number of methoxy groups -OCH3 is 1. The first-order chi connectivity index (χ1) is 6.88. The van der Waals surface area contributed by atoms with Crippen LogP contribution in [0.25, 0.3) is 0 Å². The summed E-state index contributed by atoms with van der Waals surface area (Å²) in [5.74, 6) is 6.07. The second-order valence-electron chi connectivity index (χ2n) is 2.94. The smallest absolute Gasteiger partial charge is 0.122 e. The maximum Gasteiger partial charge on any atom is 0.122 e. The van der Waals surface area contributed by atoms with Crippen LogP contribution in [0.5, 0.6) is 5.75 Å². The van der Waals surface area contributed by atoms with Gasteiger partial charge in [-0.15, -0.1) is 0 Å². The van der Waals surface area contributed by atoms with Gasteiger partial charge in [-0.3, -0.25) is 5.84 Å². The van der Waals surface area contributed by atoms with Crippen LogP contribution < -0.4 is 21.3 Å². The molecule has 1 rings (SSSR count). The Morgan fingerprint density at radius 1 is 1.36 bits per heavy atom. The molecular weight excluding hydrogens is 178 g/mol. The van der Waals surface area contributed by atoms with E-state index in [0.29, 0.717) is 6.67 Å². The molecule has 0 aliphatic rings. The molecule has 0 spiro atoms. The van der Waals surface area contributed by atoms with Gasteiger partial charge in [0, 0.05) is 6.54 Å². The van der Waals surface area contributed by atoms with Crippen molar-refractivity contribution < 1.29 is 4.74 Å². The summed E-state index contributed by atoms with van der Waals surface area (Å²) in [6.07, 6.45) is 0.936. The Balaban J connectivity index is 2.41. The Hall–Kier alpha value is -1.10. The molecule has 0 aliphatic heterocycles. The largest absolute Gasteiger partial charge is 0.496 e. The standard InChI is InChI=1S/C10H17N3O/c1-14-10-5-3-2-4-9(10)6-7-12-8-13-11/h2-5,12-13H,6-8,11H2,1H3. The highest BCUT2D eigenvalue weighted by atomic mass is 16.5. The summed E-state index contributed by atoms with van der Waals surface area (Å²) in [7, 11) is 1.69. The molecular formula is C10H17N3O. The zero-order valence-electron chi connectivity index (χ0n) is 8.42. The van der Waals surface area contributed by atoms with Crippen LogP contribution in [-0.2, 0) is 6.42 Å². The highest BCUT2D eigenvalue weighted by Gasteiger charge is 1.99. The Kier molecular flexibility index (Phi) is 4.99. The predicted molar refractivity (Wildman–Crippen MR) is 56.9 cm³/mol. The van der Waals surface area contributed by atoms with Crippen LogP contribution in [0.4, 0.5) is 0 Å². The quantitative estimate of drug-likeness (QED) is 0.263. The molecule has 1 aromatic carbocycles. The van der Waals surface area contributed by atoms with Crippen molar-refractivity contribution >= 4 is 0 Å². The summed E-state index contributed by atoms with van der Waals surface area (Å²) >= 11 is 0. The molecule has 4 N–H and O–H groups in total. The molecule has 0 saturated heterocycles. The molecule has 4 heteroatoms. The minimum atomic E-state index is 0.620. The molecule has 1 aromatic rings. The van der Waals surface area contributed by atoms with E-state index in [-0.39, 0.29) is 0 Å². The summed E-state index contributed by atoms with van der Waals surface area (Å²) in [6.45, 7) is 1.50. The van der Waals surface area contributed by atoms with Crippen molar-refractivity contribution in [2.75, 3.05) is 20.3 Å². The number of para-hydroxylation sites is 1. The van der Waals surface area contributed by atoms with Crippen LogP contribution in [0.1, 0.15) is 5.56 Å². The molecule has 0 unspecified atom stereocenters. The predicted octanol–water partition coefficient (Wildman–Crippen LogP) is 0.248. The third-order valence-electron chi connectivity index (χ3n) is 1.99. The topological polar surface area (TPSA) is 59.3 Å². The van der Waals surface area contributed by atoms with Crippen molar-refractivity contribution in [3.05, 3.63) is 29.8 Å². The Labute approximate surface area is 84.4 Å². The second-order valence-corrected chi connectivity index (χ2v) is 2.94. The number of hydrazine groups is 1. The van der Waals surface area contributed by atoms with Gasteiger partial charge in [-0.05, 0) is 18.1 Å². The fourth-order valence-electron chi connectivity index (χ4n) is 1.29. The fraction of sp³-hybridized carbons (Fsp3) is 0.400. The molecule has 0 atom stereocenters. The Morgan fingerprint density at radius 2 is 2.14 bits per heavy atom. The first-order valence-electron chi connectivity index (χ1n) is 4.64. The van der Waals surface area contributed by atoms with Crippen molar-refractivity contribution in [2.24, 2.45) is 5.84 Å². The highest BCUT2D eigenvalue weighted by molar-refractivity contribution is 5.33. The lowest BCUT2D eigenvalue weighted by Crippen LogP contribution is -2.34. The SMILES string of the molecule is COc1ccccc1CCNCNN. The maximum atomic E-state index is 5.23. The molecule has 0 fully saturated rings. The van der Waals surface area contributed by atoms with Crippen molar-refractivity contribution in [1.82, 2.24) is 10.7 Å². The van der Waals surface area contributed by atoms with Crippen LogP contribution >= 0.6 is 0 Å². The number of nitrogens with two attached hydrogens (primary N) is 1. The molecule has 0 bridgehead atoms. The average Bonchev–Trinajstić information content (AvgIpc) is 2.25. The van der Waals surface area contributed by atoms with Crippen molar-refractivity contribution in [3.8, 4) is 5.75 Å². The number of nitrogens with one attached hydrogen (secondary N) is 2. The third kappa shape index (κ3) is 3.33. The Morgan fingerprint density at radius 3 is 2.86 bits per heavy atom. The molecule has 0 aromatic heterocycles. The van der Waals surface area contributed by atoms with Gasteiger partial charge in [-0.1, -0.05) is 18.2 Å². The fourth-order valence-corrected chi connectivity index (χ4v) is 1.29. The monoisotopic (exact) mass is 195 g/mol. The van der Waals surface area contributed by atoms with Gasteiger partial charge < -0.3 is 10.1 Å². The van der Waals surface area contributed by atoms with E-state index in [1.807, 2.05) is 18.2 Å². The van der Waals surface area contributed by atoms with Gasteiger partial charge in [0.15, 0.2) is 0 Å². The van der Waals surface area contributed by atoms with E-state index in [4.69, 9.17) is 10.6 Å². The molecule has 14 heavy (non-hydrogen) atoms. The van der Waals surface area contributed by atoms with Crippen LogP contribution in [0.3, 0.4) is 0 Å². The normalized spacial score (nSPS) is 10.1. The molecule has 0 heterocycles. The molecule has 78 valence electrons. The van der Waals surface area contributed by atoms with Crippen molar-refractivity contribution in [1.29, 1.82) is 0 Å². The van der Waals surface area contributed by atoms with Crippen molar-refractivity contribution in [2.45, 2.75) is 6.42 Å². The number of hydrogen-bond donors (Lipinski definition) is 3. The van der Waals surface area contributed by atoms with Gasteiger partial charge >= 0.3 is 0 Å². The van der Waals surface area contributed by atoms with Crippen LogP contribution in [-0.4, -0.2) is 20.3 Å². The summed E-state index contributed by atoms with van der Waals surface area (Å²) in [6, 6.07) is 8.02. The molecule has 4 nitrogen and oxygen atoms in total. The van der Waals surface area contributed by atoms with Gasteiger partial charge in [0.05, 0.1) is 13.8 Å². The lowest BCUT2D eigenvalue weighted by molar-refractivity contribution is 0.409. The van der Waals surface area contributed by atoms with Crippen molar-refractivity contribution in [3.63, 3.8) is 0 Å². The molecule has 0 saturated carbocycles. The van der Waals surface area contributed by atoms with Gasteiger partial charge in [-0.25, -0.2) is 5.43 Å². The van der Waals surface area contributed by atoms with E-state index in [1.165, 1.54) is 5.56 Å². The zero-order valence-corrected chi connectivity index (χ0v) is 8.42. The first kappa shape index (κ1) is 11.0. The molecule has 0 amide bonds. The number of rotatable bonds is 6. The minimum Gasteiger partial charge on any atom is -0.496 e. The van der Waals surface area contributed by atoms with Gasteiger partial charge in [-0.2, -0.15) is 0 Å². The molecule has 0 radical (unpaired) electrons. The minimum absolute atomic E-state index is 0.620. The molecule has 0 aliphatic carbocycles. The lowest BCUT2D eigenvalue weighted by atomic mass is 10.1. The maximum absolute atomic E-state index is 5.23. The van der Waals surface area contributed by atoms with Crippen LogP contribution in [0.15, 0.2) is 24.3 Å². The van der Waals surface area contributed by atoms with E-state index in [2.05, 4.69) is 16.8 Å². The number of hydrogen-bond acceptors (Lipinski definition) is 4. The van der Waals surface area contributed by atoms with E-state index >= 15 is 0 Å². The average molecular weight is 195 g/mol. The lowest BCUT2D eigenvalue weighted by Gasteiger charge is -2.08. The van der Waals surface area contributed by atoms with E-state index in [9.17, 15) is 0 Å². The number of ether oxygens (including phenoxy) is 1. The van der Waals surface area contributed by atoms with E-state index in [1.54, 1.807) is 7.11 Å². The van der Waals surface area contributed by atoms with Crippen LogP contribution in [0, 0.1) is 0 Å². The van der Waals surface area contributed by atoms with E-state index < -0.39 is 0 Å². The third-order valence-corrected chi connectivity index (χ3v) is 1.99. The second kappa shape index (κ2) is 6.37. The summed E-state index contributed by atoms with van der Waals surface area (Å²) in [5.41, 5.74) is 3.75. The summed E-state index contributed by atoms with van der Waals surface area (Å²) < 4.78 is 5.23. The summed E-state index contributed by atoms with van der Waals surface area (Å²) in [5, 5.41) is 3.14. The van der Waals surface area contributed by atoms with E-state index in [0.717, 1.165) is 18.7 Å². The Bertz CT molecular complexity index is 265. The van der Waals surface area contributed by atoms with Gasteiger partial charge in [0.1, 0.15) is 5.75 Å². The first-order valence-corrected chi connectivity index (χ1v) is 4.64. The number of benzene rings is 1.